The first-order valence-corrected chi connectivity index (χ1v) is 10.8. The Morgan fingerprint density at radius 1 is 0.900 bits per heavy atom. The van der Waals surface area contributed by atoms with Gasteiger partial charge in [-0.1, -0.05) is 48.5 Å². The topological polar surface area (TPSA) is 54.4 Å². The minimum Gasteiger partial charge on any atom is -0.350 e. The second-order valence-corrected chi connectivity index (χ2v) is 8.10. The van der Waals surface area contributed by atoms with Gasteiger partial charge in [-0.2, -0.15) is 5.10 Å². The zero-order valence-corrected chi connectivity index (χ0v) is 17.0. The summed E-state index contributed by atoms with van der Waals surface area (Å²) in [5, 5.41) is 6.79. The molecule has 0 N–H and O–H groups in total. The normalized spacial score (nSPS) is 23.1. The highest BCUT2D eigenvalue weighted by atomic mass is 16.7. The van der Waals surface area contributed by atoms with E-state index in [9.17, 15) is 4.79 Å². The molecular weight excluding hydrogens is 378 g/mol. The standard InChI is InChI=1S/C24H27N3O3/c28-23(26-13-11-19(12-14-26)24-29-15-16-30-24)21-17-22(18-7-3-1-4-8-18)27(25-21)20-9-5-2-6-10-20/h1-10,19,22,24H,11-17H2. The predicted molar refractivity (Wildman–Crippen MR) is 115 cm³/mol. The van der Waals surface area contributed by atoms with Crippen LogP contribution < -0.4 is 5.01 Å². The minimum absolute atomic E-state index is 0.0328. The molecule has 2 fully saturated rings. The number of hydrogen-bond donors (Lipinski definition) is 0. The average Bonchev–Trinajstić information content (AvgIpc) is 3.51. The van der Waals surface area contributed by atoms with Crippen molar-refractivity contribution < 1.29 is 14.3 Å². The van der Waals surface area contributed by atoms with Crippen molar-refractivity contribution in [3.8, 4) is 0 Å². The molecule has 2 saturated heterocycles. The molecular formula is C24H27N3O3. The van der Waals surface area contributed by atoms with Gasteiger partial charge in [0.2, 0.25) is 0 Å². The lowest BCUT2D eigenvalue weighted by Crippen LogP contribution is -2.44. The Morgan fingerprint density at radius 3 is 2.20 bits per heavy atom. The van der Waals surface area contributed by atoms with E-state index in [2.05, 4.69) is 12.1 Å². The summed E-state index contributed by atoms with van der Waals surface area (Å²) in [4.78, 5) is 15.2. The van der Waals surface area contributed by atoms with Gasteiger partial charge in [-0.15, -0.1) is 0 Å². The van der Waals surface area contributed by atoms with E-state index in [0.717, 1.165) is 31.6 Å². The van der Waals surface area contributed by atoms with E-state index in [4.69, 9.17) is 14.6 Å². The Morgan fingerprint density at radius 2 is 1.53 bits per heavy atom. The Bertz CT molecular complexity index is 888. The maximum Gasteiger partial charge on any atom is 0.270 e. The van der Waals surface area contributed by atoms with Crippen LogP contribution in [0.15, 0.2) is 65.8 Å². The highest BCUT2D eigenvalue weighted by Crippen LogP contribution is 2.36. The second kappa shape index (κ2) is 8.58. The van der Waals surface area contributed by atoms with E-state index in [1.54, 1.807) is 0 Å². The predicted octanol–water partition coefficient (Wildman–Crippen LogP) is 3.61. The van der Waals surface area contributed by atoms with E-state index >= 15 is 0 Å². The van der Waals surface area contributed by atoms with Crippen LogP contribution in [0.5, 0.6) is 0 Å². The van der Waals surface area contributed by atoms with E-state index in [1.165, 1.54) is 5.56 Å². The summed E-state index contributed by atoms with van der Waals surface area (Å²) < 4.78 is 11.3. The smallest absolute Gasteiger partial charge is 0.270 e. The Balaban J connectivity index is 1.32. The molecule has 1 atom stereocenters. The van der Waals surface area contributed by atoms with Gasteiger partial charge >= 0.3 is 0 Å². The molecule has 1 amide bonds. The number of hydrazone groups is 1. The molecule has 2 aromatic rings. The van der Waals surface area contributed by atoms with Crippen LogP contribution in [0.25, 0.3) is 0 Å². The Kier molecular flexibility index (Phi) is 5.51. The van der Waals surface area contributed by atoms with Crippen LogP contribution >= 0.6 is 0 Å². The number of rotatable bonds is 4. The molecule has 6 heteroatoms. The van der Waals surface area contributed by atoms with Gasteiger partial charge in [0.1, 0.15) is 5.71 Å². The molecule has 0 spiro atoms. The first kappa shape index (κ1) is 19.3. The van der Waals surface area contributed by atoms with E-state index < -0.39 is 0 Å². The van der Waals surface area contributed by atoms with E-state index in [0.29, 0.717) is 31.3 Å². The van der Waals surface area contributed by atoms with Gasteiger partial charge < -0.3 is 14.4 Å². The number of carbonyl (C=O) groups excluding carboxylic acids is 1. The molecule has 156 valence electrons. The van der Waals surface area contributed by atoms with Crippen molar-refractivity contribution in [1.29, 1.82) is 0 Å². The fourth-order valence-electron chi connectivity index (χ4n) is 4.60. The van der Waals surface area contributed by atoms with Gasteiger partial charge in [0, 0.05) is 25.4 Å². The number of likely N-dealkylation sites (tertiary alicyclic amines) is 1. The first-order valence-electron chi connectivity index (χ1n) is 10.8. The largest absolute Gasteiger partial charge is 0.350 e. The number of anilines is 1. The average molecular weight is 405 g/mol. The third-order valence-electron chi connectivity index (χ3n) is 6.22. The molecule has 3 heterocycles. The summed E-state index contributed by atoms with van der Waals surface area (Å²) in [6, 6.07) is 20.4. The van der Waals surface area contributed by atoms with Crippen molar-refractivity contribution in [2.24, 2.45) is 11.0 Å². The van der Waals surface area contributed by atoms with Gasteiger partial charge in [-0.3, -0.25) is 9.80 Å². The summed E-state index contributed by atoms with van der Waals surface area (Å²) in [6.45, 7) is 2.81. The van der Waals surface area contributed by atoms with Crippen LogP contribution in [0, 0.1) is 5.92 Å². The van der Waals surface area contributed by atoms with Gasteiger partial charge in [0.15, 0.2) is 6.29 Å². The summed E-state index contributed by atoms with van der Waals surface area (Å²) in [5.74, 6) is 0.432. The van der Waals surface area contributed by atoms with Gasteiger partial charge in [-0.25, -0.2) is 0 Å². The highest BCUT2D eigenvalue weighted by molar-refractivity contribution is 6.39. The number of benzene rings is 2. The number of hydrogen-bond acceptors (Lipinski definition) is 5. The van der Waals surface area contributed by atoms with Crippen molar-refractivity contribution >= 4 is 17.3 Å². The summed E-state index contributed by atoms with van der Waals surface area (Å²) in [7, 11) is 0. The van der Waals surface area contributed by atoms with Crippen LogP contribution in [0.2, 0.25) is 0 Å². The summed E-state index contributed by atoms with van der Waals surface area (Å²) in [6.07, 6.45) is 2.34. The summed E-state index contributed by atoms with van der Waals surface area (Å²) >= 11 is 0. The SMILES string of the molecule is O=C(C1=NN(c2ccccc2)C(c2ccccc2)C1)N1CCC(C2OCCO2)CC1. The van der Waals surface area contributed by atoms with Crippen LogP contribution in [-0.2, 0) is 14.3 Å². The zero-order valence-electron chi connectivity index (χ0n) is 17.0. The molecule has 0 bridgehead atoms. The van der Waals surface area contributed by atoms with Crippen LogP contribution in [0.1, 0.15) is 30.9 Å². The fraction of sp³-hybridized carbons (Fsp3) is 0.417. The van der Waals surface area contributed by atoms with Crippen LogP contribution in [0.4, 0.5) is 5.69 Å². The van der Waals surface area contributed by atoms with E-state index in [1.807, 2.05) is 58.4 Å². The minimum atomic E-state index is -0.0953. The fourth-order valence-corrected chi connectivity index (χ4v) is 4.60. The van der Waals surface area contributed by atoms with Crippen LogP contribution in [-0.4, -0.2) is 49.1 Å². The quantitative estimate of drug-likeness (QED) is 0.780. The van der Waals surface area contributed by atoms with Crippen molar-refractivity contribution in [2.75, 3.05) is 31.3 Å². The van der Waals surface area contributed by atoms with Crippen molar-refractivity contribution in [2.45, 2.75) is 31.6 Å². The van der Waals surface area contributed by atoms with Gasteiger partial charge in [0.05, 0.1) is 24.9 Å². The molecule has 30 heavy (non-hydrogen) atoms. The lowest BCUT2D eigenvalue weighted by Gasteiger charge is -2.33. The second-order valence-electron chi connectivity index (χ2n) is 8.10. The van der Waals surface area contributed by atoms with Crippen LogP contribution in [0.3, 0.4) is 0 Å². The number of ether oxygens (including phenoxy) is 2. The highest BCUT2D eigenvalue weighted by Gasteiger charge is 2.37. The first-order chi connectivity index (χ1) is 14.8. The molecule has 3 aliphatic heterocycles. The lowest BCUT2D eigenvalue weighted by atomic mass is 9.95. The molecule has 0 radical (unpaired) electrons. The monoisotopic (exact) mass is 405 g/mol. The van der Waals surface area contributed by atoms with Crippen molar-refractivity contribution in [3.63, 3.8) is 0 Å². The lowest BCUT2D eigenvalue weighted by molar-refractivity contribution is -0.130. The molecule has 2 aromatic carbocycles. The Hall–Kier alpha value is -2.70. The summed E-state index contributed by atoms with van der Waals surface area (Å²) in [5.41, 5.74) is 2.81. The number of piperidine rings is 1. The molecule has 1 unspecified atom stereocenters. The Labute approximate surface area is 177 Å². The number of carbonyl (C=O) groups is 1. The molecule has 6 nitrogen and oxygen atoms in total. The van der Waals surface area contributed by atoms with Crippen molar-refractivity contribution in [3.05, 3.63) is 66.2 Å². The zero-order chi connectivity index (χ0) is 20.3. The molecule has 0 saturated carbocycles. The maximum absolute atomic E-state index is 13.3. The third kappa shape index (κ3) is 3.85. The molecule has 5 rings (SSSR count). The third-order valence-corrected chi connectivity index (χ3v) is 6.22. The number of amides is 1. The molecule has 0 aromatic heterocycles. The number of para-hydroxylation sites is 1. The van der Waals surface area contributed by atoms with E-state index in [-0.39, 0.29) is 18.2 Å². The van der Waals surface area contributed by atoms with Gasteiger partial charge in [0.25, 0.3) is 5.91 Å². The molecule has 0 aliphatic carbocycles. The maximum atomic E-state index is 13.3. The van der Waals surface area contributed by atoms with Gasteiger partial charge in [-0.05, 0) is 30.5 Å². The van der Waals surface area contributed by atoms with Crippen molar-refractivity contribution in [1.82, 2.24) is 4.90 Å². The molecule has 3 aliphatic rings. The number of nitrogens with zero attached hydrogens (tertiary/aromatic N) is 3.